The molecule has 0 aliphatic carbocycles. The Kier molecular flexibility index (Phi) is 8.32. The Morgan fingerprint density at radius 2 is 0.782 bits per heavy atom. The van der Waals surface area contributed by atoms with E-state index in [9.17, 15) is 0 Å². The van der Waals surface area contributed by atoms with Gasteiger partial charge in [0.05, 0.1) is 0 Å². The van der Waals surface area contributed by atoms with Crippen molar-refractivity contribution < 1.29 is 0 Å². The maximum atomic E-state index is 2.47. The molecule has 1 nitrogen and oxygen atoms in total. The van der Waals surface area contributed by atoms with Gasteiger partial charge >= 0.3 is 0 Å². The van der Waals surface area contributed by atoms with Crippen LogP contribution in [-0.2, 0) is 17.4 Å². The lowest BCUT2D eigenvalue weighted by atomic mass is 9.79. The van der Waals surface area contributed by atoms with E-state index >= 15 is 0 Å². The maximum Gasteiger partial charge on any atom is 0.0491 e. The predicted molar refractivity (Wildman–Crippen MR) is 239 cm³/mol. The van der Waals surface area contributed by atoms with Crippen LogP contribution in [0.4, 0.5) is 0 Å². The zero-order valence-corrected chi connectivity index (χ0v) is 33.2. The molecule has 8 aromatic carbocycles. The Balaban J connectivity index is 1.26. The van der Waals surface area contributed by atoms with Gasteiger partial charge in [-0.1, -0.05) is 169 Å². The van der Waals surface area contributed by atoms with Gasteiger partial charge in [0.15, 0.2) is 0 Å². The monoisotopic (exact) mass is 711 g/mol. The lowest BCUT2D eigenvalue weighted by molar-refractivity contribution is 0.590. The van der Waals surface area contributed by atoms with Gasteiger partial charge in [-0.2, -0.15) is 0 Å². The van der Waals surface area contributed by atoms with E-state index in [2.05, 4.69) is 211 Å². The van der Waals surface area contributed by atoms with E-state index in [4.69, 9.17) is 0 Å². The second-order valence-electron chi connectivity index (χ2n) is 17.3. The summed E-state index contributed by atoms with van der Waals surface area (Å²) in [6, 6.07) is 59.4. The molecule has 270 valence electrons. The average molecular weight is 712 g/mol. The van der Waals surface area contributed by atoms with E-state index in [0.29, 0.717) is 0 Å². The van der Waals surface area contributed by atoms with Crippen LogP contribution in [0.5, 0.6) is 0 Å². The van der Waals surface area contributed by atoms with Crippen molar-refractivity contribution in [1.82, 2.24) is 4.57 Å². The summed E-state index contributed by atoms with van der Waals surface area (Å²) in [5, 5.41) is 7.80. The highest BCUT2D eigenvalue weighted by molar-refractivity contribution is 6.22. The summed E-state index contributed by atoms with van der Waals surface area (Å²) < 4.78 is 2.42. The van der Waals surface area contributed by atoms with Crippen LogP contribution in [0.2, 0.25) is 0 Å². The van der Waals surface area contributed by atoms with Crippen LogP contribution in [0.15, 0.2) is 158 Å². The lowest BCUT2D eigenvalue weighted by Gasteiger charge is -2.25. The van der Waals surface area contributed by atoms with E-state index in [1.165, 1.54) is 99.0 Å². The Morgan fingerprint density at radius 1 is 0.345 bits per heavy atom. The van der Waals surface area contributed by atoms with Gasteiger partial charge < -0.3 is 4.57 Å². The van der Waals surface area contributed by atoms with Crippen LogP contribution in [0, 0.1) is 0 Å². The fourth-order valence-electron chi connectivity index (χ4n) is 8.65. The molecule has 0 radical (unpaired) electrons. The van der Waals surface area contributed by atoms with Crippen molar-refractivity contribution in [3.63, 3.8) is 0 Å². The second-order valence-corrected chi connectivity index (χ2v) is 17.3. The van der Waals surface area contributed by atoms with E-state index in [1.54, 1.807) is 0 Å². The molecule has 0 atom stereocenters. The molecule has 0 saturated carbocycles. The van der Waals surface area contributed by atoms with E-state index in [1.807, 2.05) is 0 Å². The van der Waals surface area contributed by atoms with E-state index < -0.39 is 0 Å². The third kappa shape index (κ3) is 6.03. The number of aryl methyl sites for hydroxylation is 1. The first-order valence-electron chi connectivity index (χ1n) is 19.8. The zero-order chi connectivity index (χ0) is 38.1. The summed E-state index contributed by atoms with van der Waals surface area (Å²) in [5.74, 6) is 0. The smallest absolute Gasteiger partial charge is 0.0491 e. The van der Waals surface area contributed by atoms with Crippen molar-refractivity contribution in [2.75, 3.05) is 0 Å². The molecule has 0 aliphatic rings. The van der Waals surface area contributed by atoms with E-state index in [-0.39, 0.29) is 10.8 Å². The molecular weight excluding hydrogens is 663 g/mol. The van der Waals surface area contributed by atoms with Gasteiger partial charge in [-0.15, -0.1) is 0 Å². The van der Waals surface area contributed by atoms with Crippen molar-refractivity contribution in [3.8, 4) is 44.5 Å². The SMILES string of the molecule is CCn1c2ccccc2c2cc(-c3ccc(-c4c5ccc(C(C)(C)C)cc5c(-c5ccc(-c6ccccc6)cc5)c5ccc(C(C)(C)C)cc45)cc3)ccc21. The Hall–Kier alpha value is -5.92. The quantitative estimate of drug-likeness (QED) is 0.157. The van der Waals surface area contributed by atoms with Gasteiger partial charge in [0.1, 0.15) is 0 Å². The minimum Gasteiger partial charge on any atom is -0.341 e. The first-order chi connectivity index (χ1) is 26.5. The molecule has 1 heteroatoms. The number of fused-ring (bicyclic) bond motifs is 5. The van der Waals surface area contributed by atoms with Gasteiger partial charge in [0, 0.05) is 28.4 Å². The number of para-hydroxylation sites is 1. The highest BCUT2D eigenvalue weighted by Crippen LogP contribution is 2.46. The molecule has 0 unspecified atom stereocenters. The Morgan fingerprint density at radius 3 is 1.31 bits per heavy atom. The van der Waals surface area contributed by atoms with Gasteiger partial charge in [-0.05, 0) is 125 Å². The molecule has 1 heterocycles. The van der Waals surface area contributed by atoms with Crippen molar-refractivity contribution in [1.29, 1.82) is 0 Å². The highest BCUT2D eigenvalue weighted by atomic mass is 15.0. The van der Waals surface area contributed by atoms with Crippen LogP contribution < -0.4 is 0 Å². The maximum absolute atomic E-state index is 2.47. The molecule has 0 bridgehead atoms. The Labute approximate surface area is 325 Å². The molecule has 0 fully saturated rings. The van der Waals surface area contributed by atoms with Crippen molar-refractivity contribution >= 4 is 43.4 Å². The van der Waals surface area contributed by atoms with Gasteiger partial charge in [0.2, 0.25) is 0 Å². The van der Waals surface area contributed by atoms with E-state index in [0.717, 1.165) is 6.54 Å². The zero-order valence-electron chi connectivity index (χ0n) is 33.2. The summed E-state index contributed by atoms with van der Waals surface area (Å²) >= 11 is 0. The molecule has 9 rings (SSSR count). The van der Waals surface area contributed by atoms with Gasteiger partial charge in [-0.25, -0.2) is 0 Å². The number of benzene rings is 8. The summed E-state index contributed by atoms with van der Waals surface area (Å²) in [5.41, 5.74) is 15.3. The third-order valence-corrected chi connectivity index (χ3v) is 11.7. The predicted octanol–water partition coefficient (Wildman–Crippen LogP) is 15.4. The average Bonchev–Trinajstić information content (AvgIpc) is 3.52. The fraction of sp³-hybridized carbons (Fsp3) is 0.185. The van der Waals surface area contributed by atoms with Crippen molar-refractivity contribution in [3.05, 3.63) is 169 Å². The van der Waals surface area contributed by atoms with Crippen molar-refractivity contribution in [2.24, 2.45) is 0 Å². The second kappa shape index (κ2) is 13.1. The van der Waals surface area contributed by atoms with Crippen molar-refractivity contribution in [2.45, 2.75) is 65.8 Å². The van der Waals surface area contributed by atoms with Gasteiger partial charge in [0.25, 0.3) is 0 Å². The standard InChI is InChI=1S/C54H49N/c1-8-55-49-17-13-12-16-43(49)46-32-40(26-31-50(46)55)37-20-24-39(25-21-37)52-45-30-28-41(53(2,3)4)33-47(45)51(44-29-27-42(34-48(44)52)54(5,6)7)38-22-18-36(19-23-38)35-14-10-9-11-15-35/h9-34H,8H2,1-7H3. The largest absolute Gasteiger partial charge is 0.341 e. The number of hydrogen-bond acceptors (Lipinski definition) is 0. The number of aromatic nitrogens is 1. The molecule has 0 amide bonds. The number of rotatable bonds is 5. The van der Waals surface area contributed by atoms with Crippen LogP contribution >= 0.6 is 0 Å². The van der Waals surface area contributed by atoms with Gasteiger partial charge in [-0.3, -0.25) is 0 Å². The summed E-state index contributed by atoms with van der Waals surface area (Å²) in [7, 11) is 0. The van der Waals surface area contributed by atoms with Crippen LogP contribution in [0.1, 0.15) is 59.6 Å². The molecule has 0 aliphatic heterocycles. The number of nitrogens with zero attached hydrogens (tertiary/aromatic N) is 1. The molecule has 1 aromatic heterocycles. The fourth-order valence-corrected chi connectivity index (χ4v) is 8.65. The molecular formula is C54H49N. The molecule has 9 aromatic rings. The Bertz CT molecular complexity index is 2870. The van der Waals surface area contributed by atoms with Crippen LogP contribution in [0.25, 0.3) is 87.9 Å². The molecule has 0 N–H and O–H groups in total. The molecule has 0 saturated heterocycles. The topological polar surface area (TPSA) is 4.93 Å². The van der Waals surface area contributed by atoms with Crippen LogP contribution in [0.3, 0.4) is 0 Å². The number of hydrogen-bond donors (Lipinski definition) is 0. The van der Waals surface area contributed by atoms with Crippen LogP contribution in [-0.4, -0.2) is 4.57 Å². The summed E-state index contributed by atoms with van der Waals surface area (Å²) in [6.45, 7) is 17.1. The molecule has 55 heavy (non-hydrogen) atoms. The third-order valence-electron chi connectivity index (χ3n) is 11.7. The lowest BCUT2D eigenvalue weighted by Crippen LogP contribution is -2.11. The highest BCUT2D eigenvalue weighted by Gasteiger charge is 2.23. The molecule has 0 spiro atoms. The first-order valence-corrected chi connectivity index (χ1v) is 19.8. The normalized spacial score (nSPS) is 12.3. The summed E-state index contributed by atoms with van der Waals surface area (Å²) in [6.07, 6.45) is 0. The minimum absolute atomic E-state index is 0.0113. The first kappa shape index (κ1) is 34.8. The summed E-state index contributed by atoms with van der Waals surface area (Å²) in [4.78, 5) is 0. The minimum atomic E-state index is 0.0113.